The Kier molecular flexibility index (Phi) is 6.61. The number of hydrogen-bond acceptors (Lipinski definition) is 5. The molecule has 1 fully saturated rings. The van der Waals surface area contributed by atoms with E-state index >= 15 is 0 Å². The highest BCUT2D eigenvalue weighted by molar-refractivity contribution is 6.60. The predicted molar refractivity (Wildman–Crippen MR) is 66.0 cm³/mol. The van der Waals surface area contributed by atoms with Crippen LogP contribution < -0.4 is 0 Å². The molecular weight excluding hydrogens is 240 g/mol. The van der Waals surface area contributed by atoms with Crippen molar-refractivity contribution in [2.75, 3.05) is 34.0 Å². The zero-order chi connectivity index (χ0) is 12.7. The summed E-state index contributed by atoms with van der Waals surface area (Å²) in [7, 11) is 0.837. The molecule has 0 aromatic carbocycles. The molecule has 0 amide bonds. The summed E-state index contributed by atoms with van der Waals surface area (Å²) in [6.07, 6.45) is 1.37. The van der Waals surface area contributed by atoms with Crippen LogP contribution in [0.3, 0.4) is 0 Å². The highest BCUT2D eigenvalue weighted by Crippen LogP contribution is 2.19. The van der Waals surface area contributed by atoms with Crippen molar-refractivity contribution in [3.8, 4) is 0 Å². The Bertz CT molecular complexity index is 206. The van der Waals surface area contributed by atoms with Gasteiger partial charge in [-0.2, -0.15) is 0 Å². The minimum Gasteiger partial charge on any atom is -0.377 e. The molecule has 0 aromatic heterocycles. The van der Waals surface area contributed by atoms with Gasteiger partial charge in [0.15, 0.2) is 0 Å². The van der Waals surface area contributed by atoms with Gasteiger partial charge in [-0.1, -0.05) is 0 Å². The van der Waals surface area contributed by atoms with Crippen LogP contribution in [0, 0.1) is 0 Å². The van der Waals surface area contributed by atoms with Crippen molar-refractivity contribution >= 4 is 8.80 Å². The lowest BCUT2D eigenvalue weighted by molar-refractivity contribution is 0.0445. The summed E-state index contributed by atoms with van der Waals surface area (Å²) in [4.78, 5) is 0. The lowest BCUT2D eigenvalue weighted by Crippen LogP contribution is -2.44. The molecule has 1 saturated heterocycles. The van der Waals surface area contributed by atoms with Gasteiger partial charge >= 0.3 is 8.80 Å². The second-order valence-electron chi connectivity index (χ2n) is 4.16. The Morgan fingerprint density at radius 2 is 2.00 bits per heavy atom. The van der Waals surface area contributed by atoms with Crippen molar-refractivity contribution in [2.24, 2.45) is 0 Å². The van der Waals surface area contributed by atoms with Crippen molar-refractivity contribution in [3.05, 3.63) is 0 Å². The first-order chi connectivity index (χ1) is 8.15. The van der Waals surface area contributed by atoms with Gasteiger partial charge in [0.05, 0.1) is 19.3 Å². The normalized spacial score (nSPS) is 21.5. The average molecular weight is 264 g/mol. The highest BCUT2D eigenvalue weighted by atomic mass is 28.4. The molecule has 6 heteroatoms. The second kappa shape index (κ2) is 7.45. The average Bonchev–Trinajstić information content (AvgIpc) is 3.16. The summed E-state index contributed by atoms with van der Waals surface area (Å²) in [6, 6.07) is 0.778. The first-order valence-corrected chi connectivity index (χ1v) is 8.06. The highest BCUT2D eigenvalue weighted by Gasteiger charge is 2.38. The molecule has 0 aromatic rings. The van der Waals surface area contributed by atoms with Crippen LogP contribution in [0.2, 0.25) is 6.04 Å². The van der Waals surface area contributed by atoms with E-state index in [-0.39, 0.29) is 6.10 Å². The molecule has 5 nitrogen and oxygen atoms in total. The fourth-order valence-electron chi connectivity index (χ4n) is 1.60. The number of ether oxygens (including phenoxy) is 2. The van der Waals surface area contributed by atoms with E-state index in [0.717, 1.165) is 19.1 Å². The van der Waals surface area contributed by atoms with Crippen LogP contribution in [0.25, 0.3) is 0 Å². The molecule has 0 spiro atoms. The second-order valence-corrected chi connectivity index (χ2v) is 7.13. The van der Waals surface area contributed by atoms with Crippen molar-refractivity contribution in [1.29, 1.82) is 0 Å². The Morgan fingerprint density at radius 3 is 2.47 bits per heavy atom. The molecule has 0 saturated carbocycles. The summed E-state index contributed by atoms with van der Waals surface area (Å²) >= 11 is 0. The molecule has 0 radical (unpaired) electrons. The first kappa shape index (κ1) is 15.1. The van der Waals surface area contributed by atoms with Gasteiger partial charge in [-0.05, 0) is 20.3 Å². The van der Waals surface area contributed by atoms with Crippen LogP contribution in [0.1, 0.15) is 20.3 Å². The number of rotatable bonds is 10. The van der Waals surface area contributed by atoms with Gasteiger partial charge in [-0.3, -0.25) is 0 Å². The SMILES string of the molecule is CCO[Si](CCC(C)OCC1CO1)(OC)OC. The van der Waals surface area contributed by atoms with E-state index in [9.17, 15) is 0 Å². The van der Waals surface area contributed by atoms with Gasteiger partial charge < -0.3 is 22.8 Å². The van der Waals surface area contributed by atoms with E-state index < -0.39 is 8.80 Å². The maximum atomic E-state index is 5.66. The smallest absolute Gasteiger partial charge is 0.377 e. The van der Waals surface area contributed by atoms with Gasteiger partial charge in [0.1, 0.15) is 6.10 Å². The van der Waals surface area contributed by atoms with E-state index in [2.05, 4.69) is 6.92 Å². The summed E-state index contributed by atoms with van der Waals surface area (Å²) < 4.78 is 27.2. The third-order valence-corrected chi connectivity index (χ3v) is 5.69. The monoisotopic (exact) mass is 264 g/mol. The Balaban J connectivity index is 2.23. The Hall–Kier alpha value is 0.0169. The summed E-state index contributed by atoms with van der Waals surface area (Å²) in [5.41, 5.74) is 0. The largest absolute Gasteiger partial charge is 0.500 e. The summed E-state index contributed by atoms with van der Waals surface area (Å²) in [6.45, 7) is 6.13. The van der Waals surface area contributed by atoms with Gasteiger partial charge in [-0.25, -0.2) is 0 Å². The molecule has 0 bridgehead atoms. The predicted octanol–water partition coefficient (Wildman–Crippen LogP) is 1.45. The molecule has 2 atom stereocenters. The van der Waals surface area contributed by atoms with Crippen LogP contribution in [0.5, 0.6) is 0 Å². The molecule has 1 heterocycles. The molecule has 17 heavy (non-hydrogen) atoms. The van der Waals surface area contributed by atoms with Gasteiger partial charge in [0, 0.05) is 26.9 Å². The van der Waals surface area contributed by atoms with E-state index in [1.165, 1.54) is 0 Å². The topological polar surface area (TPSA) is 49.5 Å². The van der Waals surface area contributed by atoms with Gasteiger partial charge in [-0.15, -0.1) is 0 Å². The van der Waals surface area contributed by atoms with Crippen molar-refractivity contribution in [2.45, 2.75) is 38.5 Å². The van der Waals surface area contributed by atoms with Crippen molar-refractivity contribution in [1.82, 2.24) is 0 Å². The minimum absolute atomic E-state index is 0.178. The van der Waals surface area contributed by atoms with Crippen molar-refractivity contribution in [3.63, 3.8) is 0 Å². The molecule has 0 N–H and O–H groups in total. The minimum atomic E-state index is -2.46. The maximum absolute atomic E-state index is 5.66. The zero-order valence-corrected chi connectivity index (χ0v) is 12.2. The third-order valence-electron chi connectivity index (χ3n) is 2.81. The van der Waals surface area contributed by atoms with E-state index in [0.29, 0.717) is 19.3 Å². The summed E-state index contributed by atoms with van der Waals surface area (Å²) in [5.74, 6) is 0. The molecule has 1 rings (SSSR count). The quantitative estimate of drug-likeness (QED) is 0.441. The molecule has 102 valence electrons. The Labute approximate surface area is 105 Å². The maximum Gasteiger partial charge on any atom is 0.500 e. The van der Waals surface area contributed by atoms with Crippen molar-refractivity contribution < 1.29 is 22.8 Å². The lowest BCUT2D eigenvalue weighted by atomic mass is 10.3. The Morgan fingerprint density at radius 1 is 1.35 bits per heavy atom. The first-order valence-electron chi connectivity index (χ1n) is 6.13. The lowest BCUT2D eigenvalue weighted by Gasteiger charge is -2.26. The molecule has 0 aliphatic carbocycles. The van der Waals surface area contributed by atoms with Crippen LogP contribution in [-0.4, -0.2) is 55.1 Å². The number of hydrogen-bond donors (Lipinski definition) is 0. The number of epoxide rings is 1. The van der Waals surface area contributed by atoms with Crippen LogP contribution >= 0.6 is 0 Å². The van der Waals surface area contributed by atoms with Gasteiger partial charge in [0.2, 0.25) is 0 Å². The third kappa shape index (κ3) is 5.46. The van der Waals surface area contributed by atoms with Crippen LogP contribution in [0.4, 0.5) is 0 Å². The van der Waals surface area contributed by atoms with Gasteiger partial charge in [0.25, 0.3) is 0 Å². The molecule has 2 unspecified atom stereocenters. The zero-order valence-electron chi connectivity index (χ0n) is 11.2. The van der Waals surface area contributed by atoms with Crippen LogP contribution in [0.15, 0.2) is 0 Å². The fraction of sp³-hybridized carbons (Fsp3) is 1.00. The summed E-state index contributed by atoms with van der Waals surface area (Å²) in [5, 5.41) is 0. The molecule has 1 aliphatic heterocycles. The van der Waals surface area contributed by atoms with E-state index in [4.69, 9.17) is 22.8 Å². The molecular formula is C11H24O5Si. The van der Waals surface area contributed by atoms with E-state index in [1.54, 1.807) is 14.2 Å². The molecule has 1 aliphatic rings. The fourth-order valence-corrected chi connectivity index (χ4v) is 3.75. The van der Waals surface area contributed by atoms with Crippen LogP contribution in [-0.2, 0) is 22.8 Å². The van der Waals surface area contributed by atoms with E-state index in [1.807, 2.05) is 6.92 Å². The standard InChI is InChI=1S/C11H24O5Si/c1-5-16-17(12-3,13-4)7-6-10(2)14-8-11-9-15-11/h10-11H,5-9H2,1-4H3.